The van der Waals surface area contributed by atoms with Gasteiger partial charge in [0.25, 0.3) is 0 Å². The van der Waals surface area contributed by atoms with Gasteiger partial charge in [-0.3, -0.25) is 5.32 Å². The summed E-state index contributed by atoms with van der Waals surface area (Å²) >= 11 is 0. The lowest BCUT2D eigenvalue weighted by molar-refractivity contribution is 0.0635. The molecule has 1 aromatic rings. The molecule has 1 aromatic carbocycles. The molecule has 0 saturated heterocycles. The van der Waals surface area contributed by atoms with E-state index in [4.69, 9.17) is 4.74 Å². The summed E-state index contributed by atoms with van der Waals surface area (Å²) in [6, 6.07) is 4.58. The van der Waals surface area contributed by atoms with Crippen molar-refractivity contribution in [3.8, 4) is 0 Å². The Morgan fingerprint density at radius 2 is 2.00 bits per heavy atom. The average Bonchev–Trinajstić information content (AvgIpc) is 2.06. The Hall–Kier alpha value is -1.58. The minimum atomic E-state index is -0.657. The van der Waals surface area contributed by atoms with Gasteiger partial charge in [0.1, 0.15) is 11.4 Å². The maximum Gasteiger partial charge on any atom is 0.412 e. The largest absolute Gasteiger partial charge is 0.444 e. The van der Waals surface area contributed by atoms with Gasteiger partial charge in [-0.25, -0.2) is 9.18 Å². The summed E-state index contributed by atoms with van der Waals surface area (Å²) in [5.41, 5.74) is 0.331. The molecule has 0 spiro atoms. The monoisotopic (exact) mass is 225 g/mol. The van der Waals surface area contributed by atoms with E-state index in [1.807, 2.05) is 0 Å². The number of benzene rings is 1. The maximum atomic E-state index is 13.4. The molecule has 0 fully saturated rings. The molecule has 0 aliphatic carbocycles. The minimum absolute atomic E-state index is 0.125. The average molecular weight is 225 g/mol. The normalized spacial score (nSPS) is 11.1. The van der Waals surface area contributed by atoms with Gasteiger partial charge in [-0.15, -0.1) is 0 Å². The molecular weight excluding hydrogens is 209 g/mol. The molecule has 0 heterocycles. The SMILES string of the molecule is Cc1ccc(NC(=O)OC(C)(C)C)c(F)c1. The summed E-state index contributed by atoms with van der Waals surface area (Å²) < 4.78 is 18.4. The Kier molecular flexibility index (Phi) is 3.52. The van der Waals surface area contributed by atoms with Crippen molar-refractivity contribution in [2.24, 2.45) is 0 Å². The number of nitrogens with one attached hydrogen (secondary N) is 1. The summed E-state index contributed by atoms with van der Waals surface area (Å²) in [5, 5.41) is 2.36. The number of halogens is 1. The second-order valence-corrected chi connectivity index (χ2v) is 4.61. The summed E-state index contributed by atoms with van der Waals surface area (Å²) in [6.07, 6.45) is -0.657. The number of anilines is 1. The van der Waals surface area contributed by atoms with Crippen LogP contribution in [-0.2, 0) is 4.74 Å². The number of hydrogen-bond acceptors (Lipinski definition) is 2. The highest BCUT2D eigenvalue weighted by atomic mass is 19.1. The van der Waals surface area contributed by atoms with Crippen molar-refractivity contribution in [1.29, 1.82) is 0 Å². The standard InChI is InChI=1S/C12H16FNO2/c1-8-5-6-10(9(13)7-8)14-11(15)16-12(2,3)4/h5-7H,1-4H3,(H,14,15). The summed E-state index contributed by atoms with van der Waals surface area (Å²) in [5.74, 6) is -0.467. The fraction of sp³-hybridized carbons (Fsp3) is 0.417. The fourth-order valence-electron chi connectivity index (χ4n) is 1.14. The van der Waals surface area contributed by atoms with Gasteiger partial charge < -0.3 is 4.74 Å². The third-order valence-corrected chi connectivity index (χ3v) is 1.76. The zero-order chi connectivity index (χ0) is 12.3. The van der Waals surface area contributed by atoms with Crippen LogP contribution in [0.2, 0.25) is 0 Å². The highest BCUT2D eigenvalue weighted by Crippen LogP contribution is 2.16. The molecule has 4 heteroatoms. The number of aryl methyl sites for hydroxylation is 1. The van der Waals surface area contributed by atoms with Crippen molar-refractivity contribution >= 4 is 11.8 Å². The summed E-state index contributed by atoms with van der Waals surface area (Å²) in [6.45, 7) is 7.02. The highest BCUT2D eigenvalue weighted by Gasteiger charge is 2.17. The minimum Gasteiger partial charge on any atom is -0.444 e. The second-order valence-electron chi connectivity index (χ2n) is 4.61. The number of carbonyl (C=O) groups is 1. The van der Waals surface area contributed by atoms with Crippen molar-refractivity contribution in [2.75, 3.05) is 5.32 Å². The molecule has 0 unspecified atom stereocenters. The quantitative estimate of drug-likeness (QED) is 0.794. The lowest BCUT2D eigenvalue weighted by Gasteiger charge is -2.19. The van der Waals surface area contributed by atoms with Crippen LogP contribution in [-0.4, -0.2) is 11.7 Å². The van der Waals surface area contributed by atoms with Gasteiger partial charge in [0.05, 0.1) is 5.69 Å². The molecule has 3 nitrogen and oxygen atoms in total. The number of rotatable bonds is 1. The highest BCUT2D eigenvalue weighted by molar-refractivity contribution is 5.85. The molecule has 0 aliphatic rings. The first kappa shape index (κ1) is 12.5. The van der Waals surface area contributed by atoms with E-state index in [9.17, 15) is 9.18 Å². The van der Waals surface area contributed by atoms with E-state index in [1.54, 1.807) is 33.8 Å². The maximum absolute atomic E-state index is 13.4. The first-order valence-electron chi connectivity index (χ1n) is 5.04. The Balaban J connectivity index is 2.70. The van der Waals surface area contributed by atoms with Crippen LogP contribution in [0, 0.1) is 12.7 Å². The van der Waals surface area contributed by atoms with E-state index in [0.29, 0.717) is 0 Å². The smallest absolute Gasteiger partial charge is 0.412 e. The Morgan fingerprint density at radius 3 is 2.50 bits per heavy atom. The third kappa shape index (κ3) is 3.88. The van der Waals surface area contributed by atoms with Crippen molar-refractivity contribution in [2.45, 2.75) is 33.3 Å². The van der Waals surface area contributed by atoms with Gasteiger partial charge in [0.2, 0.25) is 0 Å². The zero-order valence-corrected chi connectivity index (χ0v) is 9.93. The predicted molar refractivity (Wildman–Crippen MR) is 61.0 cm³/mol. The van der Waals surface area contributed by atoms with E-state index in [0.717, 1.165) is 5.56 Å². The molecule has 0 radical (unpaired) electrons. The van der Waals surface area contributed by atoms with Crippen LogP contribution in [0.15, 0.2) is 18.2 Å². The molecule has 0 aliphatic heterocycles. The van der Waals surface area contributed by atoms with Crippen LogP contribution >= 0.6 is 0 Å². The third-order valence-electron chi connectivity index (χ3n) is 1.76. The Labute approximate surface area is 94.6 Å². The first-order chi connectivity index (χ1) is 7.28. The molecule has 0 bridgehead atoms. The molecule has 0 saturated carbocycles. The van der Waals surface area contributed by atoms with E-state index >= 15 is 0 Å². The van der Waals surface area contributed by atoms with Crippen molar-refractivity contribution in [3.63, 3.8) is 0 Å². The van der Waals surface area contributed by atoms with Crippen molar-refractivity contribution in [3.05, 3.63) is 29.6 Å². The van der Waals surface area contributed by atoms with E-state index < -0.39 is 17.5 Å². The first-order valence-corrected chi connectivity index (χ1v) is 5.04. The van der Waals surface area contributed by atoms with Crippen LogP contribution in [0.1, 0.15) is 26.3 Å². The van der Waals surface area contributed by atoms with E-state index in [-0.39, 0.29) is 5.69 Å². The number of carbonyl (C=O) groups excluding carboxylic acids is 1. The second kappa shape index (κ2) is 4.51. The van der Waals surface area contributed by atoms with Crippen molar-refractivity contribution < 1.29 is 13.9 Å². The fourth-order valence-corrected chi connectivity index (χ4v) is 1.14. The van der Waals surface area contributed by atoms with Gasteiger partial charge in [0.15, 0.2) is 0 Å². The van der Waals surface area contributed by atoms with Gasteiger partial charge >= 0.3 is 6.09 Å². The molecule has 16 heavy (non-hydrogen) atoms. The lowest BCUT2D eigenvalue weighted by atomic mass is 10.2. The lowest BCUT2D eigenvalue weighted by Crippen LogP contribution is -2.27. The molecule has 1 N–H and O–H groups in total. The van der Waals surface area contributed by atoms with Gasteiger partial charge in [-0.1, -0.05) is 6.07 Å². The van der Waals surface area contributed by atoms with Crippen molar-refractivity contribution in [1.82, 2.24) is 0 Å². The van der Waals surface area contributed by atoms with Gasteiger partial charge in [0, 0.05) is 0 Å². The van der Waals surface area contributed by atoms with Crippen LogP contribution in [0.5, 0.6) is 0 Å². The number of amides is 1. The Morgan fingerprint density at radius 1 is 1.38 bits per heavy atom. The molecule has 88 valence electrons. The Bertz CT molecular complexity index is 396. The van der Waals surface area contributed by atoms with E-state index in [2.05, 4.69) is 5.32 Å². The molecule has 0 atom stereocenters. The van der Waals surface area contributed by atoms with Crippen LogP contribution in [0.25, 0.3) is 0 Å². The van der Waals surface area contributed by atoms with E-state index in [1.165, 1.54) is 12.1 Å². The molecular formula is C12H16FNO2. The number of ether oxygens (including phenoxy) is 1. The molecule has 0 aromatic heterocycles. The molecule has 1 amide bonds. The summed E-state index contributed by atoms with van der Waals surface area (Å²) in [7, 11) is 0. The molecule has 1 rings (SSSR count). The topological polar surface area (TPSA) is 38.3 Å². The predicted octanol–water partition coefficient (Wildman–Crippen LogP) is 3.48. The van der Waals surface area contributed by atoms with Crippen LogP contribution < -0.4 is 5.32 Å². The van der Waals surface area contributed by atoms with Gasteiger partial charge in [-0.05, 0) is 45.4 Å². The van der Waals surface area contributed by atoms with Gasteiger partial charge in [-0.2, -0.15) is 0 Å². The zero-order valence-electron chi connectivity index (χ0n) is 9.93. The van der Waals surface area contributed by atoms with Crippen LogP contribution in [0.4, 0.5) is 14.9 Å². The summed E-state index contributed by atoms with van der Waals surface area (Å²) in [4.78, 5) is 11.4. The van der Waals surface area contributed by atoms with Crippen LogP contribution in [0.3, 0.4) is 0 Å². The number of hydrogen-bond donors (Lipinski definition) is 1.